The van der Waals surface area contributed by atoms with Gasteiger partial charge in [-0.15, -0.1) is 11.8 Å². The maximum Gasteiger partial charge on any atom is 0.412 e. The number of carbonyl (C=O) groups excluding carboxylic acids is 1. The molecule has 1 amide bonds. The molecule has 0 unspecified atom stereocenters. The first-order valence-corrected chi connectivity index (χ1v) is 9.07. The molecule has 10 nitrogen and oxygen atoms in total. The highest BCUT2D eigenvalue weighted by Gasteiger charge is 2.47. The second-order valence-corrected chi connectivity index (χ2v) is 8.06. The number of thioether (sulfide) groups is 1. The van der Waals surface area contributed by atoms with E-state index in [1.165, 1.54) is 12.1 Å². The minimum Gasteiger partial charge on any atom is -0.480 e. The van der Waals surface area contributed by atoms with Crippen LogP contribution < -0.4 is 9.47 Å². The van der Waals surface area contributed by atoms with Gasteiger partial charge in [0.25, 0.3) is 5.69 Å². The molecule has 11 heteroatoms. The van der Waals surface area contributed by atoms with Gasteiger partial charge in [-0.25, -0.2) is 9.59 Å². The zero-order valence-corrected chi connectivity index (χ0v) is 15.6. The Labute approximate surface area is 158 Å². The van der Waals surface area contributed by atoms with Crippen LogP contribution in [0.15, 0.2) is 12.1 Å². The number of nitrogens with zero attached hydrogens (tertiary/aromatic N) is 2. The number of amides is 1. The average Bonchev–Trinajstić information content (AvgIpc) is 3.17. The van der Waals surface area contributed by atoms with Gasteiger partial charge in [0.2, 0.25) is 6.79 Å². The molecule has 2 heterocycles. The van der Waals surface area contributed by atoms with Crippen molar-refractivity contribution in [3.63, 3.8) is 0 Å². The number of hydrogen-bond acceptors (Lipinski definition) is 8. The lowest BCUT2D eigenvalue weighted by Crippen LogP contribution is -2.45. The van der Waals surface area contributed by atoms with Crippen molar-refractivity contribution < 1.29 is 33.8 Å². The van der Waals surface area contributed by atoms with Gasteiger partial charge < -0.3 is 19.3 Å². The fourth-order valence-corrected chi connectivity index (χ4v) is 4.21. The summed E-state index contributed by atoms with van der Waals surface area (Å²) in [5.74, 6) is -0.601. The molecular weight excluding hydrogens is 380 g/mol. The molecule has 146 valence electrons. The van der Waals surface area contributed by atoms with E-state index in [0.717, 1.165) is 16.7 Å². The number of hydrogen-bond donors (Lipinski definition) is 1. The third-order valence-corrected chi connectivity index (χ3v) is 5.18. The van der Waals surface area contributed by atoms with Gasteiger partial charge in [0.15, 0.2) is 11.5 Å². The zero-order chi connectivity index (χ0) is 19.9. The third-order valence-electron chi connectivity index (χ3n) is 3.87. The predicted octanol–water partition coefficient (Wildman–Crippen LogP) is 2.76. The maximum atomic E-state index is 12.7. The number of nitro groups is 1. The van der Waals surface area contributed by atoms with Crippen molar-refractivity contribution in [3.05, 3.63) is 27.8 Å². The van der Waals surface area contributed by atoms with Crippen LogP contribution in [0.25, 0.3) is 0 Å². The number of fused-ring (bicyclic) bond motifs is 1. The Hall–Kier alpha value is -2.69. The second-order valence-electron chi connectivity index (χ2n) is 6.95. The fraction of sp³-hybridized carbons (Fsp3) is 0.500. The van der Waals surface area contributed by atoms with Crippen molar-refractivity contribution in [1.29, 1.82) is 0 Å². The van der Waals surface area contributed by atoms with Crippen LogP contribution in [-0.4, -0.2) is 51.2 Å². The summed E-state index contributed by atoms with van der Waals surface area (Å²) in [6.07, 6.45) is -0.850. The predicted molar refractivity (Wildman–Crippen MR) is 93.9 cm³/mol. The van der Waals surface area contributed by atoms with Crippen LogP contribution in [0.2, 0.25) is 0 Å². The number of carboxylic acids is 1. The van der Waals surface area contributed by atoms with Crippen LogP contribution in [-0.2, 0) is 9.53 Å². The summed E-state index contributed by atoms with van der Waals surface area (Å²) >= 11 is 1.11. The molecule has 0 saturated carbocycles. The molecule has 0 aromatic heterocycles. The monoisotopic (exact) mass is 398 g/mol. The van der Waals surface area contributed by atoms with Gasteiger partial charge >= 0.3 is 12.1 Å². The Morgan fingerprint density at radius 3 is 2.52 bits per heavy atom. The second kappa shape index (κ2) is 6.80. The molecule has 2 atom stereocenters. The molecule has 1 aromatic rings. The van der Waals surface area contributed by atoms with Crippen molar-refractivity contribution in [2.75, 3.05) is 12.5 Å². The van der Waals surface area contributed by atoms with Crippen molar-refractivity contribution in [1.82, 2.24) is 4.90 Å². The molecule has 3 rings (SSSR count). The Morgan fingerprint density at radius 1 is 1.33 bits per heavy atom. The number of aliphatic carboxylic acids is 1. The topological polar surface area (TPSA) is 128 Å². The molecule has 0 aliphatic carbocycles. The lowest BCUT2D eigenvalue weighted by Gasteiger charge is -2.30. The minimum atomic E-state index is -1.21. The Bertz CT molecular complexity index is 806. The zero-order valence-electron chi connectivity index (χ0n) is 14.8. The lowest BCUT2D eigenvalue weighted by molar-refractivity contribution is -0.385. The molecule has 0 radical (unpaired) electrons. The summed E-state index contributed by atoms with van der Waals surface area (Å²) in [6, 6.07) is 1.47. The van der Waals surface area contributed by atoms with E-state index in [1.54, 1.807) is 20.8 Å². The Balaban J connectivity index is 2.05. The van der Waals surface area contributed by atoms with Crippen molar-refractivity contribution in [3.8, 4) is 11.5 Å². The highest BCUT2D eigenvalue weighted by atomic mass is 32.2. The van der Waals surface area contributed by atoms with Crippen LogP contribution in [0.3, 0.4) is 0 Å². The molecule has 2 aliphatic rings. The molecule has 0 spiro atoms. The summed E-state index contributed by atoms with van der Waals surface area (Å²) in [6.45, 7) is 4.90. The summed E-state index contributed by atoms with van der Waals surface area (Å²) < 4.78 is 15.8. The molecular formula is C16H18N2O8S. The highest BCUT2D eigenvalue weighted by Crippen LogP contribution is 2.49. The van der Waals surface area contributed by atoms with Crippen molar-refractivity contribution >= 4 is 29.5 Å². The van der Waals surface area contributed by atoms with Crippen molar-refractivity contribution in [2.24, 2.45) is 0 Å². The van der Waals surface area contributed by atoms with E-state index in [9.17, 15) is 24.8 Å². The summed E-state index contributed by atoms with van der Waals surface area (Å²) in [5.41, 5.74) is -0.973. The van der Waals surface area contributed by atoms with Crippen molar-refractivity contribution in [2.45, 2.75) is 37.8 Å². The molecule has 1 fully saturated rings. The maximum absolute atomic E-state index is 12.7. The minimum absolute atomic E-state index is 0.0682. The van der Waals surface area contributed by atoms with Gasteiger partial charge in [0.1, 0.15) is 17.0 Å². The van der Waals surface area contributed by atoms with E-state index >= 15 is 0 Å². The number of nitro benzene ring substituents is 1. The van der Waals surface area contributed by atoms with Crippen LogP contribution in [0, 0.1) is 10.1 Å². The van der Waals surface area contributed by atoms with Gasteiger partial charge in [-0.3, -0.25) is 15.0 Å². The molecule has 2 aliphatic heterocycles. The van der Waals surface area contributed by atoms with Crippen LogP contribution >= 0.6 is 11.8 Å². The number of carboxylic acid groups (broad SMARTS) is 1. The van der Waals surface area contributed by atoms with E-state index in [1.807, 2.05) is 0 Å². The number of carbonyl (C=O) groups is 2. The van der Waals surface area contributed by atoms with E-state index < -0.39 is 34.0 Å². The van der Waals surface area contributed by atoms with E-state index in [4.69, 9.17) is 14.2 Å². The molecule has 1 aromatic carbocycles. The van der Waals surface area contributed by atoms with E-state index in [0.29, 0.717) is 5.75 Å². The lowest BCUT2D eigenvalue weighted by atomic mass is 10.1. The van der Waals surface area contributed by atoms with Gasteiger partial charge in [0.05, 0.1) is 16.6 Å². The molecule has 1 saturated heterocycles. The molecule has 1 N–H and O–H groups in total. The van der Waals surface area contributed by atoms with Crippen LogP contribution in [0.4, 0.5) is 10.5 Å². The summed E-state index contributed by atoms with van der Waals surface area (Å²) in [5, 5.41) is 20.1. The fourth-order valence-electron chi connectivity index (χ4n) is 2.78. The smallest absolute Gasteiger partial charge is 0.412 e. The number of rotatable bonds is 3. The Kier molecular flexibility index (Phi) is 4.81. The molecule has 0 bridgehead atoms. The largest absolute Gasteiger partial charge is 0.480 e. The van der Waals surface area contributed by atoms with Gasteiger partial charge in [-0.1, -0.05) is 0 Å². The van der Waals surface area contributed by atoms with Crippen LogP contribution in [0.5, 0.6) is 11.5 Å². The average molecular weight is 398 g/mol. The SMILES string of the molecule is CC(C)(C)OC(=O)N1[C@@H](c2cc3c(cc2[N+](=O)[O-])OCO3)SC[C@H]1C(=O)O. The van der Waals surface area contributed by atoms with Gasteiger partial charge in [-0.05, 0) is 26.8 Å². The van der Waals surface area contributed by atoms with Crippen LogP contribution in [0.1, 0.15) is 31.7 Å². The van der Waals surface area contributed by atoms with Gasteiger partial charge in [-0.2, -0.15) is 0 Å². The standard InChI is InChI=1S/C16H18N2O8S/c1-16(2,3)26-15(21)17-10(14(19)20)6-27-13(17)8-4-11-12(25-7-24-11)5-9(8)18(22)23/h4-5,10,13H,6-7H2,1-3H3,(H,19,20)/t10-,13+/m0/s1. The summed E-state index contributed by atoms with van der Waals surface area (Å²) in [4.78, 5) is 36.3. The third kappa shape index (κ3) is 3.72. The highest BCUT2D eigenvalue weighted by molar-refractivity contribution is 7.99. The quantitative estimate of drug-likeness (QED) is 0.603. The van der Waals surface area contributed by atoms with Gasteiger partial charge in [0, 0.05) is 5.75 Å². The number of ether oxygens (including phenoxy) is 3. The number of benzene rings is 1. The first-order chi connectivity index (χ1) is 12.6. The van der Waals surface area contributed by atoms with E-state index in [2.05, 4.69) is 0 Å². The Morgan fingerprint density at radius 2 is 1.96 bits per heavy atom. The first-order valence-electron chi connectivity index (χ1n) is 8.02. The normalized spacial score (nSPS) is 21.2. The van der Waals surface area contributed by atoms with E-state index in [-0.39, 0.29) is 29.5 Å². The molecule has 27 heavy (non-hydrogen) atoms. The summed E-state index contributed by atoms with van der Waals surface area (Å²) in [7, 11) is 0. The first kappa shape index (κ1) is 19.1.